The van der Waals surface area contributed by atoms with Crippen molar-refractivity contribution >= 4 is 17.5 Å². The molecule has 2 atom stereocenters. The Bertz CT molecular complexity index is 183. The molecule has 5 heteroatoms. The van der Waals surface area contributed by atoms with E-state index < -0.39 is 0 Å². The van der Waals surface area contributed by atoms with Gasteiger partial charge in [-0.05, 0) is 12.8 Å². The number of halogens is 1. The summed E-state index contributed by atoms with van der Waals surface area (Å²) in [5.41, 5.74) is 0. The minimum Gasteiger partial charge on any atom is -0.383 e. The molecule has 0 bridgehead atoms. The third kappa shape index (κ3) is 3.44. The predicted octanol–water partition coefficient (Wildman–Crippen LogP) is 0.535. The number of hydrogen-bond acceptors (Lipinski definition) is 3. The summed E-state index contributed by atoms with van der Waals surface area (Å²) in [6, 6.07) is -0.127. The van der Waals surface area contributed by atoms with Crippen molar-refractivity contribution in [1.29, 1.82) is 0 Å². The first kappa shape index (κ1) is 11.8. The summed E-state index contributed by atoms with van der Waals surface area (Å²) in [6.07, 6.45) is 1.46. The lowest BCUT2D eigenvalue weighted by Gasteiger charge is -2.17. The Balaban J connectivity index is 2.29. The smallest absolute Gasteiger partial charge is 0.249 e. The summed E-state index contributed by atoms with van der Waals surface area (Å²) in [5, 5.41) is 2.79. The van der Waals surface area contributed by atoms with Crippen LogP contribution in [0.5, 0.6) is 0 Å². The van der Waals surface area contributed by atoms with Crippen LogP contribution in [0.4, 0.5) is 0 Å². The maximum Gasteiger partial charge on any atom is 0.249 e. The normalized spacial score (nSPS) is 23.4. The quantitative estimate of drug-likeness (QED) is 0.690. The number of carbonyl (C=O) groups excluding carboxylic acids is 1. The van der Waals surface area contributed by atoms with E-state index in [-0.39, 0.29) is 18.1 Å². The number of methoxy groups -OCH3 is 1. The summed E-state index contributed by atoms with van der Waals surface area (Å²) in [6.45, 7) is 1.11. The average molecular weight is 222 g/mol. The van der Waals surface area contributed by atoms with Gasteiger partial charge in [0.25, 0.3) is 0 Å². The van der Waals surface area contributed by atoms with Crippen LogP contribution in [0.25, 0.3) is 0 Å². The molecule has 1 fully saturated rings. The van der Waals surface area contributed by atoms with E-state index in [1.807, 2.05) is 0 Å². The maximum atomic E-state index is 11.5. The lowest BCUT2D eigenvalue weighted by atomic mass is 10.2. The molecular weight excluding hydrogens is 206 g/mol. The predicted molar refractivity (Wildman–Crippen MR) is 53.5 cm³/mol. The second-order valence-corrected chi connectivity index (χ2v) is 3.63. The standard InChI is InChI=1S/C9H16ClNO3/c1-13-6-7(5-10)11-9(12)8-3-2-4-14-8/h7-8H,2-6H2,1H3,(H,11,12). The van der Waals surface area contributed by atoms with Crippen molar-refractivity contribution in [2.75, 3.05) is 26.2 Å². The SMILES string of the molecule is COCC(CCl)NC(=O)C1CCCO1. The van der Waals surface area contributed by atoms with Crippen molar-refractivity contribution < 1.29 is 14.3 Å². The van der Waals surface area contributed by atoms with Crippen LogP contribution in [0.2, 0.25) is 0 Å². The number of ether oxygens (including phenoxy) is 2. The van der Waals surface area contributed by atoms with Crippen molar-refractivity contribution in [2.45, 2.75) is 25.0 Å². The highest BCUT2D eigenvalue weighted by Gasteiger charge is 2.25. The highest BCUT2D eigenvalue weighted by Crippen LogP contribution is 2.11. The molecule has 1 rings (SSSR count). The average Bonchev–Trinajstić information content (AvgIpc) is 2.69. The van der Waals surface area contributed by atoms with Gasteiger partial charge >= 0.3 is 0 Å². The Morgan fingerprint density at radius 1 is 1.79 bits per heavy atom. The molecule has 1 heterocycles. The molecule has 0 radical (unpaired) electrons. The zero-order valence-electron chi connectivity index (χ0n) is 8.29. The number of nitrogens with one attached hydrogen (secondary N) is 1. The number of carbonyl (C=O) groups is 1. The number of amides is 1. The minimum atomic E-state index is -0.294. The van der Waals surface area contributed by atoms with Gasteiger partial charge in [0.2, 0.25) is 5.91 Å². The molecule has 1 saturated heterocycles. The molecule has 0 saturated carbocycles. The van der Waals surface area contributed by atoms with Crippen molar-refractivity contribution in [3.8, 4) is 0 Å². The Morgan fingerprint density at radius 2 is 2.57 bits per heavy atom. The van der Waals surface area contributed by atoms with Gasteiger partial charge in [-0.2, -0.15) is 0 Å². The van der Waals surface area contributed by atoms with Gasteiger partial charge in [0.15, 0.2) is 0 Å². The van der Waals surface area contributed by atoms with E-state index in [1.54, 1.807) is 7.11 Å². The summed E-state index contributed by atoms with van der Waals surface area (Å²) in [4.78, 5) is 11.5. The minimum absolute atomic E-state index is 0.0785. The molecule has 1 amide bonds. The molecule has 0 aromatic heterocycles. The van der Waals surface area contributed by atoms with Crippen LogP contribution >= 0.6 is 11.6 Å². The van der Waals surface area contributed by atoms with Gasteiger partial charge in [-0.3, -0.25) is 4.79 Å². The van der Waals surface area contributed by atoms with Gasteiger partial charge in [0, 0.05) is 19.6 Å². The molecule has 0 spiro atoms. The van der Waals surface area contributed by atoms with Crippen LogP contribution in [-0.4, -0.2) is 44.3 Å². The first-order valence-electron chi connectivity index (χ1n) is 4.74. The summed E-state index contributed by atoms with van der Waals surface area (Å²) in [5.74, 6) is 0.275. The van der Waals surface area contributed by atoms with Crippen LogP contribution in [0.15, 0.2) is 0 Å². The van der Waals surface area contributed by atoms with Crippen LogP contribution in [0.1, 0.15) is 12.8 Å². The van der Waals surface area contributed by atoms with Gasteiger partial charge in [0.05, 0.1) is 12.6 Å². The Morgan fingerprint density at radius 3 is 3.07 bits per heavy atom. The second kappa shape index (κ2) is 6.22. The summed E-state index contributed by atoms with van der Waals surface area (Å²) < 4.78 is 10.2. The highest BCUT2D eigenvalue weighted by molar-refractivity contribution is 6.18. The fourth-order valence-corrected chi connectivity index (χ4v) is 1.57. The van der Waals surface area contributed by atoms with Crippen molar-refractivity contribution in [3.63, 3.8) is 0 Å². The van der Waals surface area contributed by atoms with Crippen molar-refractivity contribution in [1.82, 2.24) is 5.32 Å². The zero-order valence-corrected chi connectivity index (χ0v) is 9.05. The van der Waals surface area contributed by atoms with Crippen LogP contribution in [0.3, 0.4) is 0 Å². The zero-order chi connectivity index (χ0) is 10.4. The molecule has 1 aliphatic rings. The van der Waals surface area contributed by atoms with Gasteiger partial charge in [-0.1, -0.05) is 0 Å². The summed E-state index contributed by atoms with van der Waals surface area (Å²) in [7, 11) is 1.58. The first-order valence-corrected chi connectivity index (χ1v) is 5.28. The molecule has 0 aromatic rings. The van der Waals surface area contributed by atoms with E-state index in [1.165, 1.54) is 0 Å². The van der Waals surface area contributed by atoms with Gasteiger partial charge in [-0.15, -0.1) is 11.6 Å². The van der Waals surface area contributed by atoms with E-state index in [4.69, 9.17) is 21.1 Å². The molecule has 2 unspecified atom stereocenters. The molecule has 1 N–H and O–H groups in total. The van der Waals surface area contributed by atoms with E-state index in [0.717, 1.165) is 12.8 Å². The molecular formula is C9H16ClNO3. The van der Waals surface area contributed by atoms with Crippen LogP contribution in [0, 0.1) is 0 Å². The molecule has 0 aliphatic carbocycles. The van der Waals surface area contributed by atoms with E-state index >= 15 is 0 Å². The lowest BCUT2D eigenvalue weighted by molar-refractivity contribution is -0.131. The number of rotatable bonds is 5. The largest absolute Gasteiger partial charge is 0.383 e. The number of alkyl halides is 1. The third-order valence-electron chi connectivity index (χ3n) is 2.12. The third-order valence-corrected chi connectivity index (χ3v) is 2.50. The monoisotopic (exact) mass is 221 g/mol. The molecule has 0 aromatic carbocycles. The van der Waals surface area contributed by atoms with E-state index in [0.29, 0.717) is 19.1 Å². The second-order valence-electron chi connectivity index (χ2n) is 3.32. The van der Waals surface area contributed by atoms with Crippen LogP contribution < -0.4 is 5.32 Å². The topological polar surface area (TPSA) is 47.6 Å². The fraction of sp³-hybridized carbons (Fsp3) is 0.889. The highest BCUT2D eigenvalue weighted by atomic mass is 35.5. The Kier molecular flexibility index (Phi) is 5.22. The van der Waals surface area contributed by atoms with Crippen molar-refractivity contribution in [2.24, 2.45) is 0 Å². The molecule has 14 heavy (non-hydrogen) atoms. The molecule has 4 nitrogen and oxygen atoms in total. The number of hydrogen-bond donors (Lipinski definition) is 1. The van der Waals surface area contributed by atoms with E-state index in [2.05, 4.69) is 5.32 Å². The van der Waals surface area contributed by atoms with Crippen molar-refractivity contribution in [3.05, 3.63) is 0 Å². The van der Waals surface area contributed by atoms with E-state index in [9.17, 15) is 4.79 Å². The fourth-order valence-electron chi connectivity index (χ4n) is 1.40. The lowest BCUT2D eigenvalue weighted by Crippen LogP contribution is -2.44. The maximum absolute atomic E-state index is 11.5. The van der Waals surface area contributed by atoms with Gasteiger partial charge in [-0.25, -0.2) is 0 Å². The summed E-state index contributed by atoms with van der Waals surface area (Å²) >= 11 is 5.66. The Labute approximate surface area is 88.9 Å². The van der Waals surface area contributed by atoms with Crippen LogP contribution in [-0.2, 0) is 14.3 Å². The Hall–Kier alpha value is -0.320. The first-order chi connectivity index (χ1) is 6.77. The van der Waals surface area contributed by atoms with Gasteiger partial charge < -0.3 is 14.8 Å². The molecule has 82 valence electrons. The van der Waals surface area contributed by atoms with Gasteiger partial charge in [0.1, 0.15) is 6.10 Å². The molecule has 1 aliphatic heterocycles.